The van der Waals surface area contributed by atoms with E-state index in [1.54, 1.807) is 10.9 Å². The highest BCUT2D eigenvalue weighted by Crippen LogP contribution is 2.40. The Labute approximate surface area is 137 Å². The van der Waals surface area contributed by atoms with Gasteiger partial charge in [0.25, 0.3) is 0 Å². The molecule has 10 heteroatoms. The number of hydrogen-bond acceptors (Lipinski definition) is 8. The van der Waals surface area contributed by atoms with Gasteiger partial charge in [-0.1, -0.05) is 11.8 Å². The van der Waals surface area contributed by atoms with Gasteiger partial charge in [0.05, 0.1) is 5.51 Å². The number of thioether (sulfide) groups is 2. The second-order valence-corrected chi connectivity index (χ2v) is 7.41. The number of thiazole rings is 1. The summed E-state index contributed by atoms with van der Waals surface area (Å²) in [5, 5.41) is 10.5. The minimum absolute atomic E-state index is 0.0333. The van der Waals surface area contributed by atoms with E-state index in [9.17, 15) is 19.5 Å². The molecule has 2 atom stereocenters. The van der Waals surface area contributed by atoms with Crippen molar-refractivity contribution in [2.75, 3.05) is 11.5 Å². The van der Waals surface area contributed by atoms with Crippen molar-refractivity contribution < 1.29 is 19.5 Å². The molecule has 7 nitrogen and oxygen atoms in total. The zero-order valence-electron chi connectivity index (χ0n) is 11.1. The van der Waals surface area contributed by atoms with Crippen LogP contribution in [0, 0.1) is 0 Å². The van der Waals surface area contributed by atoms with E-state index in [1.165, 1.54) is 28.0 Å². The first kappa shape index (κ1) is 15.5. The van der Waals surface area contributed by atoms with Crippen molar-refractivity contribution in [3.05, 3.63) is 27.9 Å². The second-order valence-electron chi connectivity index (χ2n) is 4.64. The van der Waals surface area contributed by atoms with Crippen LogP contribution >= 0.6 is 34.9 Å². The third kappa shape index (κ3) is 2.56. The third-order valence-electron chi connectivity index (χ3n) is 3.31. The standard InChI is InChI=1S/C12H11N3O4S3/c13-7-9(16)15-8(11(17)18)5(1-21-10(7)15)2-22-12(19)6-3-20-4-14-6/h3-4,7,10H,1-2,13H2,(H,17,18)/t7?,10-/m1/s1. The van der Waals surface area contributed by atoms with E-state index in [-0.39, 0.29) is 27.8 Å². The third-order valence-corrected chi connectivity index (χ3v) is 6.22. The van der Waals surface area contributed by atoms with Crippen molar-refractivity contribution in [3.8, 4) is 0 Å². The maximum Gasteiger partial charge on any atom is 0.352 e. The SMILES string of the molecule is NC1C(=O)N2C(C(=O)O)=C(CSC(=O)c3cscn3)CS[C@H]12. The largest absolute Gasteiger partial charge is 0.477 e. The minimum atomic E-state index is -1.16. The summed E-state index contributed by atoms with van der Waals surface area (Å²) in [6, 6.07) is -0.648. The highest BCUT2D eigenvalue weighted by molar-refractivity contribution is 8.14. The molecule has 0 bridgehead atoms. The van der Waals surface area contributed by atoms with Gasteiger partial charge in [-0.15, -0.1) is 23.1 Å². The summed E-state index contributed by atoms with van der Waals surface area (Å²) in [6.07, 6.45) is 0. The van der Waals surface area contributed by atoms with Gasteiger partial charge < -0.3 is 10.8 Å². The summed E-state index contributed by atoms with van der Waals surface area (Å²) >= 11 is 3.74. The van der Waals surface area contributed by atoms with E-state index in [0.29, 0.717) is 17.0 Å². The predicted molar refractivity (Wildman–Crippen MR) is 84.6 cm³/mol. The lowest BCUT2D eigenvalue weighted by Crippen LogP contribution is -2.68. The lowest BCUT2D eigenvalue weighted by molar-refractivity contribution is -0.147. The number of hydrogen-bond donors (Lipinski definition) is 2. The molecule has 0 aromatic carbocycles. The van der Waals surface area contributed by atoms with Gasteiger partial charge in [-0.25, -0.2) is 9.78 Å². The van der Waals surface area contributed by atoms with Crippen LogP contribution in [0.2, 0.25) is 0 Å². The first-order valence-electron chi connectivity index (χ1n) is 6.21. The molecule has 3 N–H and O–H groups in total. The molecular weight excluding hydrogens is 346 g/mol. The van der Waals surface area contributed by atoms with Gasteiger partial charge in [0.2, 0.25) is 11.0 Å². The summed E-state index contributed by atoms with van der Waals surface area (Å²) in [5.41, 5.74) is 8.13. The summed E-state index contributed by atoms with van der Waals surface area (Å²) in [5.74, 6) is -0.886. The van der Waals surface area contributed by atoms with Crippen molar-refractivity contribution in [1.29, 1.82) is 0 Å². The fourth-order valence-electron chi connectivity index (χ4n) is 2.23. The van der Waals surface area contributed by atoms with Crippen LogP contribution in [0.25, 0.3) is 0 Å². The van der Waals surface area contributed by atoms with Gasteiger partial charge in [0.1, 0.15) is 22.8 Å². The number of amides is 1. The molecule has 116 valence electrons. The van der Waals surface area contributed by atoms with E-state index in [0.717, 1.165) is 11.8 Å². The Kier molecular flexibility index (Phi) is 4.26. The predicted octanol–water partition coefficient (Wildman–Crippen LogP) is 0.598. The summed E-state index contributed by atoms with van der Waals surface area (Å²) < 4.78 is 0. The molecule has 1 unspecified atom stereocenters. The molecule has 0 aliphatic carbocycles. The first-order valence-corrected chi connectivity index (χ1v) is 9.19. The van der Waals surface area contributed by atoms with Crippen molar-refractivity contribution in [2.45, 2.75) is 11.4 Å². The number of carboxylic acid groups (broad SMARTS) is 1. The van der Waals surface area contributed by atoms with Crippen LogP contribution in [-0.4, -0.2) is 54.9 Å². The van der Waals surface area contributed by atoms with Crippen LogP contribution in [0.5, 0.6) is 0 Å². The zero-order chi connectivity index (χ0) is 15.9. The molecule has 1 aromatic rings. The maximum absolute atomic E-state index is 11.9. The highest BCUT2D eigenvalue weighted by atomic mass is 32.2. The van der Waals surface area contributed by atoms with E-state index >= 15 is 0 Å². The van der Waals surface area contributed by atoms with Gasteiger partial charge in [-0.2, -0.15) is 0 Å². The number of β-lactam (4-membered cyclic amide) rings is 1. The van der Waals surface area contributed by atoms with Crippen molar-refractivity contribution in [2.24, 2.45) is 5.73 Å². The molecular formula is C12H11N3O4S3. The molecule has 0 saturated carbocycles. The fourth-order valence-corrected chi connectivity index (χ4v) is 5.06. The Bertz CT molecular complexity index is 673. The highest BCUT2D eigenvalue weighted by Gasteiger charge is 2.51. The lowest BCUT2D eigenvalue weighted by atomic mass is 10.0. The number of aliphatic carboxylic acids is 1. The average Bonchev–Trinajstić information content (AvgIpc) is 3.05. The molecule has 2 aliphatic rings. The number of aromatic nitrogens is 1. The molecule has 3 heterocycles. The van der Waals surface area contributed by atoms with Crippen molar-refractivity contribution >= 4 is 51.9 Å². The van der Waals surface area contributed by atoms with E-state index in [4.69, 9.17) is 5.73 Å². The molecule has 3 rings (SSSR count). The normalized spacial score (nSPS) is 24.0. The van der Waals surface area contributed by atoms with E-state index in [2.05, 4.69) is 4.98 Å². The van der Waals surface area contributed by atoms with Crippen LogP contribution in [0.4, 0.5) is 0 Å². The monoisotopic (exact) mass is 357 g/mol. The van der Waals surface area contributed by atoms with Gasteiger partial charge in [0, 0.05) is 16.9 Å². The number of carbonyl (C=O) groups is 3. The Morgan fingerprint density at radius 2 is 2.32 bits per heavy atom. The Hall–Kier alpha value is -1.36. The fraction of sp³-hybridized carbons (Fsp3) is 0.333. The zero-order valence-corrected chi connectivity index (χ0v) is 13.5. The van der Waals surface area contributed by atoms with E-state index < -0.39 is 12.0 Å². The van der Waals surface area contributed by atoms with Crippen molar-refractivity contribution in [3.63, 3.8) is 0 Å². The molecule has 0 spiro atoms. The first-order chi connectivity index (χ1) is 10.5. The van der Waals surface area contributed by atoms with Crippen LogP contribution in [0.15, 0.2) is 22.2 Å². The minimum Gasteiger partial charge on any atom is -0.477 e. The van der Waals surface area contributed by atoms with Crippen LogP contribution in [-0.2, 0) is 9.59 Å². The average molecular weight is 357 g/mol. The van der Waals surface area contributed by atoms with E-state index in [1.807, 2.05) is 0 Å². The smallest absolute Gasteiger partial charge is 0.352 e. The van der Waals surface area contributed by atoms with Crippen LogP contribution in [0.3, 0.4) is 0 Å². The van der Waals surface area contributed by atoms with Gasteiger partial charge in [-0.05, 0) is 5.57 Å². The van der Waals surface area contributed by atoms with Gasteiger partial charge in [-0.3, -0.25) is 14.5 Å². The Morgan fingerprint density at radius 1 is 1.55 bits per heavy atom. The molecule has 2 aliphatic heterocycles. The Balaban J connectivity index is 1.77. The summed E-state index contributed by atoms with van der Waals surface area (Å²) in [4.78, 5) is 40.3. The van der Waals surface area contributed by atoms with Crippen LogP contribution in [0.1, 0.15) is 10.5 Å². The molecule has 1 aromatic heterocycles. The van der Waals surface area contributed by atoms with Crippen molar-refractivity contribution in [1.82, 2.24) is 9.88 Å². The quantitative estimate of drug-likeness (QED) is 0.753. The molecule has 1 amide bonds. The number of nitrogens with two attached hydrogens (primary N) is 1. The number of nitrogens with zero attached hydrogens (tertiary/aromatic N) is 2. The second kappa shape index (κ2) is 6.03. The number of fused-ring (bicyclic) bond motifs is 1. The van der Waals surface area contributed by atoms with Gasteiger partial charge in [0.15, 0.2) is 0 Å². The topological polar surface area (TPSA) is 114 Å². The van der Waals surface area contributed by atoms with Gasteiger partial charge >= 0.3 is 5.97 Å². The number of carbonyl (C=O) groups excluding carboxylic acids is 2. The molecule has 0 radical (unpaired) electrons. The van der Waals surface area contributed by atoms with Crippen LogP contribution < -0.4 is 5.73 Å². The maximum atomic E-state index is 11.9. The summed E-state index contributed by atoms with van der Waals surface area (Å²) in [7, 11) is 0. The number of carboxylic acids is 1. The Morgan fingerprint density at radius 3 is 2.95 bits per heavy atom. The lowest BCUT2D eigenvalue weighted by Gasteiger charge is -2.48. The molecule has 22 heavy (non-hydrogen) atoms. The molecule has 1 fully saturated rings. The summed E-state index contributed by atoms with van der Waals surface area (Å²) in [6.45, 7) is 0. The number of rotatable bonds is 4. The molecule has 1 saturated heterocycles.